The van der Waals surface area contributed by atoms with Gasteiger partial charge in [-0.15, -0.1) is 0 Å². The van der Waals surface area contributed by atoms with Crippen molar-refractivity contribution in [2.75, 3.05) is 47.1 Å². The fourth-order valence-corrected chi connectivity index (χ4v) is 4.55. The van der Waals surface area contributed by atoms with Crippen LogP contribution in [0.4, 0.5) is 9.18 Å². The van der Waals surface area contributed by atoms with Gasteiger partial charge in [-0.25, -0.2) is 9.18 Å². The fourth-order valence-electron chi connectivity index (χ4n) is 4.35. The highest BCUT2D eigenvalue weighted by molar-refractivity contribution is 6.30. The zero-order valence-electron chi connectivity index (χ0n) is 21.2. The molecule has 0 aliphatic carbocycles. The number of halogens is 2. The summed E-state index contributed by atoms with van der Waals surface area (Å²) < 4.78 is 30.9. The maximum Gasteiger partial charge on any atom is 0.406 e. The van der Waals surface area contributed by atoms with E-state index in [0.717, 1.165) is 38.0 Å². The summed E-state index contributed by atoms with van der Waals surface area (Å²) in [4.78, 5) is 24.3. The minimum atomic E-state index is -0.637. The van der Waals surface area contributed by atoms with Gasteiger partial charge in [-0.3, -0.25) is 4.79 Å². The number of hydrogen-bond acceptors (Lipinski definition) is 6. The molecule has 0 spiro atoms. The van der Waals surface area contributed by atoms with Crippen LogP contribution < -0.4 is 16.0 Å². The minimum Gasteiger partial charge on any atom is -0.453 e. The van der Waals surface area contributed by atoms with E-state index in [0.29, 0.717) is 23.0 Å². The summed E-state index contributed by atoms with van der Waals surface area (Å²) in [6, 6.07) is 11.5. The Morgan fingerprint density at radius 2 is 2.00 bits per heavy atom. The summed E-state index contributed by atoms with van der Waals surface area (Å²) in [7, 11) is 3.13. The molecule has 0 aromatic heterocycles. The van der Waals surface area contributed by atoms with Crippen LogP contribution in [0.3, 0.4) is 0 Å². The van der Waals surface area contributed by atoms with Crippen LogP contribution in [0.2, 0.25) is 5.02 Å². The van der Waals surface area contributed by atoms with Gasteiger partial charge in [0.05, 0.1) is 19.3 Å². The first-order valence-electron chi connectivity index (χ1n) is 12.4. The summed E-state index contributed by atoms with van der Waals surface area (Å²) in [6.45, 7) is 2.25. The smallest absolute Gasteiger partial charge is 0.406 e. The molecule has 3 atom stereocenters. The Hall–Kier alpha value is -2.72. The molecule has 3 rings (SSSR count). The van der Waals surface area contributed by atoms with Crippen LogP contribution >= 0.6 is 11.6 Å². The first kappa shape index (κ1) is 28.8. The quantitative estimate of drug-likeness (QED) is 0.354. The van der Waals surface area contributed by atoms with Crippen LogP contribution in [0.25, 0.3) is 0 Å². The summed E-state index contributed by atoms with van der Waals surface area (Å²) in [6.07, 6.45) is 1.80. The van der Waals surface area contributed by atoms with Gasteiger partial charge in [0.25, 0.3) is 5.91 Å². The third-order valence-corrected chi connectivity index (χ3v) is 6.56. The molecule has 1 fully saturated rings. The number of rotatable bonds is 12. The molecule has 1 saturated heterocycles. The van der Waals surface area contributed by atoms with Crippen molar-refractivity contribution >= 4 is 23.6 Å². The van der Waals surface area contributed by atoms with Crippen molar-refractivity contribution in [2.45, 2.75) is 31.4 Å². The van der Waals surface area contributed by atoms with E-state index < -0.39 is 23.9 Å². The van der Waals surface area contributed by atoms with Crippen molar-refractivity contribution in [3.63, 3.8) is 0 Å². The molecule has 2 unspecified atom stereocenters. The van der Waals surface area contributed by atoms with E-state index in [1.165, 1.54) is 19.2 Å². The minimum absolute atomic E-state index is 0.0479. The van der Waals surface area contributed by atoms with Crippen LogP contribution in [0.5, 0.6) is 0 Å². The molecule has 37 heavy (non-hydrogen) atoms. The molecule has 8 nitrogen and oxygen atoms in total. The Labute approximate surface area is 222 Å². The Morgan fingerprint density at radius 3 is 2.70 bits per heavy atom. The number of amides is 2. The largest absolute Gasteiger partial charge is 0.453 e. The van der Waals surface area contributed by atoms with Crippen molar-refractivity contribution < 1.29 is 28.2 Å². The second-order valence-electron chi connectivity index (χ2n) is 8.98. The molecule has 202 valence electrons. The first-order chi connectivity index (χ1) is 17.9. The van der Waals surface area contributed by atoms with Crippen molar-refractivity contribution in [2.24, 2.45) is 5.92 Å². The predicted molar refractivity (Wildman–Crippen MR) is 139 cm³/mol. The number of carbonyl (C=O) groups is 2. The van der Waals surface area contributed by atoms with Gasteiger partial charge in [0.2, 0.25) is 0 Å². The number of benzene rings is 2. The monoisotopic (exact) mass is 535 g/mol. The molecule has 2 aromatic carbocycles. The van der Waals surface area contributed by atoms with Crippen LogP contribution in [-0.2, 0) is 14.2 Å². The highest BCUT2D eigenvalue weighted by atomic mass is 35.5. The number of nitrogens with one attached hydrogen (secondary N) is 3. The molecular weight excluding hydrogens is 501 g/mol. The SMILES string of the molecule is CNC(CNC(=O)c1cc(C(OCCNC(=O)OC)c2cccc(Cl)c2)ccc1F)C[C@H]1CCCOC1. The van der Waals surface area contributed by atoms with E-state index in [9.17, 15) is 14.0 Å². The molecule has 0 radical (unpaired) electrons. The standard InChI is InChI=1S/C27H35ClFN3O5/c1-30-22(13-18-5-4-11-36-17-18)16-32-26(33)23-15-20(8-9-24(23)29)25(19-6-3-7-21(28)14-19)37-12-10-31-27(34)35-2/h3,6-9,14-15,18,22,25,30H,4-5,10-13,16-17H2,1-2H3,(H,31,34)(H,32,33)/t18-,22?,25?/m1/s1. The van der Waals surface area contributed by atoms with Gasteiger partial charge in [0.1, 0.15) is 11.9 Å². The van der Waals surface area contributed by atoms with E-state index in [1.807, 2.05) is 13.1 Å². The number of alkyl carbamates (subject to hydrolysis) is 1. The second kappa shape index (κ2) is 14.9. The maximum absolute atomic E-state index is 14.7. The highest BCUT2D eigenvalue weighted by Gasteiger charge is 2.22. The Bertz CT molecular complexity index is 1030. The van der Waals surface area contributed by atoms with Gasteiger partial charge in [-0.05, 0) is 67.6 Å². The van der Waals surface area contributed by atoms with E-state index in [2.05, 4.69) is 20.7 Å². The molecule has 2 aromatic rings. The zero-order chi connectivity index (χ0) is 26.6. The topological polar surface area (TPSA) is 97.9 Å². The van der Waals surface area contributed by atoms with Crippen molar-refractivity contribution in [1.29, 1.82) is 0 Å². The fraction of sp³-hybridized carbons (Fsp3) is 0.481. The lowest BCUT2D eigenvalue weighted by atomic mass is 9.94. The van der Waals surface area contributed by atoms with E-state index >= 15 is 0 Å². The average Bonchev–Trinajstić information content (AvgIpc) is 2.91. The summed E-state index contributed by atoms with van der Waals surface area (Å²) in [5.41, 5.74) is 1.24. The Kier molecular flexibility index (Phi) is 11.6. The molecule has 10 heteroatoms. The Balaban J connectivity index is 1.71. The lowest BCUT2D eigenvalue weighted by molar-refractivity contribution is 0.0478. The number of hydrogen-bond donors (Lipinski definition) is 3. The number of carbonyl (C=O) groups excluding carboxylic acids is 2. The number of methoxy groups -OCH3 is 1. The van der Waals surface area contributed by atoms with Gasteiger partial charge in [-0.2, -0.15) is 0 Å². The summed E-state index contributed by atoms with van der Waals surface area (Å²) in [5, 5.41) is 9.16. The van der Waals surface area contributed by atoms with Crippen molar-refractivity contribution in [1.82, 2.24) is 16.0 Å². The average molecular weight is 536 g/mol. The number of likely N-dealkylation sites (N-methyl/N-ethyl adjacent to an activating group) is 1. The molecule has 1 aliphatic heterocycles. The molecule has 0 bridgehead atoms. The van der Waals surface area contributed by atoms with E-state index in [1.54, 1.807) is 24.3 Å². The molecule has 2 amide bonds. The molecule has 1 heterocycles. The van der Waals surface area contributed by atoms with Crippen molar-refractivity contribution in [3.8, 4) is 0 Å². The van der Waals surface area contributed by atoms with E-state index in [4.69, 9.17) is 21.1 Å². The second-order valence-corrected chi connectivity index (χ2v) is 9.41. The lowest BCUT2D eigenvalue weighted by Gasteiger charge is -2.26. The van der Waals surface area contributed by atoms with Crippen LogP contribution in [0.15, 0.2) is 42.5 Å². The van der Waals surface area contributed by atoms with Gasteiger partial charge >= 0.3 is 6.09 Å². The lowest BCUT2D eigenvalue weighted by Crippen LogP contribution is -2.41. The summed E-state index contributed by atoms with van der Waals surface area (Å²) >= 11 is 6.19. The highest BCUT2D eigenvalue weighted by Crippen LogP contribution is 2.29. The maximum atomic E-state index is 14.7. The summed E-state index contributed by atoms with van der Waals surface area (Å²) in [5.74, 6) is -0.690. The number of ether oxygens (including phenoxy) is 3. The molecule has 0 saturated carbocycles. The van der Waals surface area contributed by atoms with Crippen LogP contribution in [-0.4, -0.2) is 65.1 Å². The van der Waals surface area contributed by atoms with E-state index in [-0.39, 0.29) is 24.8 Å². The predicted octanol–water partition coefficient (Wildman–Crippen LogP) is 4.08. The van der Waals surface area contributed by atoms with Gasteiger partial charge in [0.15, 0.2) is 0 Å². The third kappa shape index (κ3) is 8.96. The zero-order valence-corrected chi connectivity index (χ0v) is 22.0. The molecule has 3 N–H and O–H groups in total. The van der Waals surface area contributed by atoms with Gasteiger partial charge < -0.3 is 30.2 Å². The van der Waals surface area contributed by atoms with Gasteiger partial charge in [-0.1, -0.05) is 29.8 Å². The third-order valence-electron chi connectivity index (χ3n) is 6.32. The van der Waals surface area contributed by atoms with Crippen LogP contribution in [0, 0.1) is 11.7 Å². The van der Waals surface area contributed by atoms with Crippen molar-refractivity contribution in [3.05, 3.63) is 70.0 Å². The normalized spacial score (nSPS) is 17.0. The molecule has 1 aliphatic rings. The molecular formula is C27H35ClFN3O5. The van der Waals surface area contributed by atoms with Crippen LogP contribution in [0.1, 0.15) is 46.9 Å². The first-order valence-corrected chi connectivity index (χ1v) is 12.8. The Morgan fingerprint density at radius 1 is 1.19 bits per heavy atom. The van der Waals surface area contributed by atoms with Gasteiger partial charge in [0, 0.05) is 37.4 Å².